The van der Waals surface area contributed by atoms with Gasteiger partial charge in [0.2, 0.25) is 0 Å². The van der Waals surface area contributed by atoms with E-state index in [9.17, 15) is 13.6 Å². The fraction of sp³-hybridized carbons (Fsp3) is 0.235. The van der Waals surface area contributed by atoms with Crippen LogP contribution in [0.15, 0.2) is 41.3 Å². The standard InChI is InChI=1S/C17H15NO4S/c19-16-9-15(10-1-4-17-11(7-10)5-6-22-17)18-14-3-2-12(23(20)21)8-13(14)16/h1-4,7-8,15,18H,5-6,9H2,(H,20,21)/p-1. The Bertz CT molecular complexity index is 833. The zero-order valence-electron chi connectivity index (χ0n) is 12.2. The van der Waals surface area contributed by atoms with E-state index in [-0.39, 0.29) is 16.7 Å². The van der Waals surface area contributed by atoms with Gasteiger partial charge in [-0.1, -0.05) is 6.07 Å². The molecule has 0 amide bonds. The van der Waals surface area contributed by atoms with Crippen molar-refractivity contribution in [3.63, 3.8) is 0 Å². The van der Waals surface area contributed by atoms with Crippen molar-refractivity contribution in [3.05, 3.63) is 53.1 Å². The van der Waals surface area contributed by atoms with Crippen molar-refractivity contribution in [1.82, 2.24) is 0 Å². The Morgan fingerprint density at radius 3 is 2.91 bits per heavy atom. The molecule has 2 unspecified atom stereocenters. The van der Waals surface area contributed by atoms with Gasteiger partial charge in [0.15, 0.2) is 5.78 Å². The van der Waals surface area contributed by atoms with Crippen LogP contribution in [0, 0.1) is 0 Å². The maximum Gasteiger partial charge on any atom is 0.167 e. The van der Waals surface area contributed by atoms with Crippen molar-refractivity contribution in [2.75, 3.05) is 11.9 Å². The second-order valence-electron chi connectivity index (χ2n) is 5.73. The molecule has 0 saturated heterocycles. The number of rotatable bonds is 2. The highest BCUT2D eigenvalue weighted by Crippen LogP contribution is 2.36. The summed E-state index contributed by atoms with van der Waals surface area (Å²) in [5.41, 5.74) is 3.33. The number of Topliss-reactive ketones (excluding diaryl/α,β-unsaturated/α-hetero) is 1. The van der Waals surface area contributed by atoms with Crippen LogP contribution >= 0.6 is 0 Å². The minimum absolute atomic E-state index is 0.0483. The van der Waals surface area contributed by atoms with Crippen LogP contribution in [0.4, 0.5) is 5.69 Å². The van der Waals surface area contributed by atoms with E-state index in [1.165, 1.54) is 17.7 Å². The van der Waals surface area contributed by atoms with E-state index in [0.717, 1.165) is 17.7 Å². The highest BCUT2D eigenvalue weighted by molar-refractivity contribution is 7.79. The molecule has 118 valence electrons. The minimum atomic E-state index is -2.33. The number of ether oxygens (including phenoxy) is 1. The van der Waals surface area contributed by atoms with Gasteiger partial charge in [0, 0.05) is 29.0 Å². The fourth-order valence-corrected chi connectivity index (χ4v) is 3.54. The normalized spacial score (nSPS) is 20.2. The topological polar surface area (TPSA) is 78.5 Å². The van der Waals surface area contributed by atoms with Crippen LogP contribution in [0.1, 0.15) is 33.9 Å². The second-order valence-corrected chi connectivity index (χ2v) is 6.67. The molecular formula is C17H14NO4S-. The van der Waals surface area contributed by atoms with Gasteiger partial charge in [-0.25, -0.2) is 0 Å². The number of carbonyl (C=O) groups excluding carboxylic acids is 1. The number of anilines is 1. The first-order chi connectivity index (χ1) is 11.1. The molecule has 1 N–H and O–H groups in total. The summed E-state index contributed by atoms with van der Waals surface area (Å²) in [6.45, 7) is 0.702. The molecule has 2 aromatic carbocycles. The first-order valence-corrected chi connectivity index (χ1v) is 8.48. The Balaban J connectivity index is 1.67. The van der Waals surface area contributed by atoms with Crippen molar-refractivity contribution in [3.8, 4) is 5.75 Å². The lowest BCUT2D eigenvalue weighted by Crippen LogP contribution is -2.23. The van der Waals surface area contributed by atoms with E-state index in [2.05, 4.69) is 11.4 Å². The van der Waals surface area contributed by atoms with E-state index in [1.54, 1.807) is 6.07 Å². The highest BCUT2D eigenvalue weighted by Gasteiger charge is 2.27. The van der Waals surface area contributed by atoms with Crippen LogP contribution in [-0.2, 0) is 17.5 Å². The molecule has 0 spiro atoms. The largest absolute Gasteiger partial charge is 0.768 e. The lowest BCUT2D eigenvalue weighted by molar-refractivity contribution is 0.0972. The third kappa shape index (κ3) is 2.54. The fourth-order valence-electron chi connectivity index (χ4n) is 3.14. The van der Waals surface area contributed by atoms with Crippen molar-refractivity contribution in [1.29, 1.82) is 0 Å². The molecule has 0 fully saturated rings. The molecule has 2 heterocycles. The molecule has 6 heteroatoms. The van der Waals surface area contributed by atoms with Crippen LogP contribution < -0.4 is 10.1 Å². The van der Waals surface area contributed by atoms with Crippen LogP contribution in [0.2, 0.25) is 0 Å². The number of carbonyl (C=O) groups is 1. The van der Waals surface area contributed by atoms with E-state index >= 15 is 0 Å². The molecule has 2 aliphatic heterocycles. The van der Waals surface area contributed by atoms with Crippen LogP contribution in [-0.4, -0.2) is 21.2 Å². The van der Waals surface area contributed by atoms with Gasteiger partial charge in [-0.15, -0.1) is 0 Å². The number of benzene rings is 2. The minimum Gasteiger partial charge on any atom is -0.768 e. The molecule has 5 nitrogen and oxygen atoms in total. The van der Waals surface area contributed by atoms with Crippen molar-refractivity contribution in [2.24, 2.45) is 0 Å². The monoisotopic (exact) mass is 328 g/mol. The summed E-state index contributed by atoms with van der Waals surface area (Å²) in [5.74, 6) is 0.867. The zero-order valence-corrected chi connectivity index (χ0v) is 13.0. The lowest BCUT2D eigenvalue weighted by Gasteiger charge is -2.27. The Labute approximate surface area is 136 Å². The lowest BCUT2D eigenvalue weighted by atomic mass is 9.91. The average Bonchev–Trinajstić information content (AvgIpc) is 3.01. The molecule has 2 aromatic rings. The number of fused-ring (bicyclic) bond motifs is 2. The first-order valence-electron chi connectivity index (χ1n) is 7.40. The maximum absolute atomic E-state index is 12.4. The molecule has 0 saturated carbocycles. The second kappa shape index (κ2) is 5.47. The van der Waals surface area contributed by atoms with Gasteiger partial charge < -0.3 is 14.6 Å². The van der Waals surface area contributed by atoms with Gasteiger partial charge in [0.05, 0.1) is 12.6 Å². The third-order valence-electron chi connectivity index (χ3n) is 4.32. The van der Waals surface area contributed by atoms with E-state index in [0.29, 0.717) is 24.3 Å². The van der Waals surface area contributed by atoms with Crippen molar-refractivity contribution >= 4 is 22.6 Å². The number of ketones is 1. The predicted octanol–water partition coefficient (Wildman–Crippen LogP) is 2.60. The Kier molecular flexibility index (Phi) is 3.43. The molecule has 2 aliphatic rings. The van der Waals surface area contributed by atoms with E-state index in [1.807, 2.05) is 12.1 Å². The molecule has 23 heavy (non-hydrogen) atoms. The summed E-state index contributed by atoms with van der Waals surface area (Å²) in [7, 11) is 0. The molecule has 0 radical (unpaired) electrons. The van der Waals surface area contributed by atoms with Crippen LogP contribution in [0.25, 0.3) is 0 Å². The third-order valence-corrected chi connectivity index (χ3v) is 4.96. The summed E-state index contributed by atoms with van der Waals surface area (Å²) in [6, 6.07) is 10.5. The summed E-state index contributed by atoms with van der Waals surface area (Å²) in [6.07, 6.45) is 1.20. The van der Waals surface area contributed by atoms with Gasteiger partial charge >= 0.3 is 0 Å². The van der Waals surface area contributed by atoms with Crippen molar-refractivity contribution in [2.45, 2.75) is 23.8 Å². The quantitative estimate of drug-likeness (QED) is 0.857. The molecule has 0 aromatic heterocycles. The Morgan fingerprint density at radius 2 is 2.09 bits per heavy atom. The molecular weight excluding hydrogens is 314 g/mol. The summed E-state index contributed by atoms with van der Waals surface area (Å²) in [4.78, 5) is 12.5. The average molecular weight is 328 g/mol. The Morgan fingerprint density at radius 1 is 1.22 bits per heavy atom. The molecule has 0 aliphatic carbocycles. The predicted molar refractivity (Wildman–Crippen MR) is 84.6 cm³/mol. The van der Waals surface area contributed by atoms with Gasteiger partial charge in [-0.3, -0.25) is 9.00 Å². The Hall–Kier alpha value is -2.18. The molecule has 4 rings (SSSR count). The van der Waals surface area contributed by atoms with Crippen LogP contribution in [0.5, 0.6) is 5.75 Å². The summed E-state index contributed by atoms with van der Waals surface area (Å²) < 4.78 is 27.6. The summed E-state index contributed by atoms with van der Waals surface area (Å²) >= 11 is -2.33. The van der Waals surface area contributed by atoms with Gasteiger partial charge in [-0.2, -0.15) is 0 Å². The summed E-state index contributed by atoms with van der Waals surface area (Å²) in [5, 5.41) is 3.34. The van der Waals surface area contributed by atoms with Crippen LogP contribution in [0.3, 0.4) is 0 Å². The van der Waals surface area contributed by atoms with Crippen molar-refractivity contribution < 1.29 is 18.3 Å². The van der Waals surface area contributed by atoms with E-state index in [4.69, 9.17) is 4.74 Å². The number of hydrogen-bond donors (Lipinski definition) is 1. The number of nitrogens with one attached hydrogen (secondary N) is 1. The molecule has 2 atom stereocenters. The van der Waals surface area contributed by atoms with Gasteiger partial charge in [0.25, 0.3) is 0 Å². The van der Waals surface area contributed by atoms with Gasteiger partial charge in [0.1, 0.15) is 5.75 Å². The highest BCUT2D eigenvalue weighted by atomic mass is 32.2. The molecule has 0 bridgehead atoms. The maximum atomic E-state index is 12.4. The van der Waals surface area contributed by atoms with Gasteiger partial charge in [-0.05, 0) is 52.5 Å². The van der Waals surface area contributed by atoms with E-state index < -0.39 is 11.1 Å². The number of hydrogen-bond acceptors (Lipinski definition) is 5. The SMILES string of the molecule is O=C1CC(c2ccc3c(c2)CCO3)Nc2ccc(S(=O)[O-])cc21. The zero-order chi connectivity index (χ0) is 16.0. The first kappa shape index (κ1) is 14.4. The smallest absolute Gasteiger partial charge is 0.167 e.